The molecule has 0 aliphatic carbocycles. The monoisotopic (exact) mass is 299 g/mol. The van der Waals surface area contributed by atoms with Crippen LogP contribution in [0.3, 0.4) is 0 Å². The van der Waals surface area contributed by atoms with Crippen LogP contribution in [0.4, 0.5) is 0 Å². The van der Waals surface area contributed by atoms with Crippen molar-refractivity contribution < 1.29 is 28.9 Å². The van der Waals surface area contributed by atoms with E-state index in [1.54, 1.807) is 13.8 Å². The van der Waals surface area contributed by atoms with Gasteiger partial charge in [-0.2, -0.15) is 0 Å². The zero-order valence-electron chi connectivity index (χ0n) is 12.3. The van der Waals surface area contributed by atoms with Crippen molar-refractivity contribution in [3.63, 3.8) is 0 Å². The molecule has 1 aliphatic rings. The van der Waals surface area contributed by atoms with Crippen molar-refractivity contribution in [1.29, 1.82) is 0 Å². The third-order valence-electron chi connectivity index (χ3n) is 2.87. The Morgan fingerprint density at radius 1 is 1.33 bits per heavy atom. The van der Waals surface area contributed by atoms with E-state index in [1.165, 1.54) is 12.3 Å². The standard InChI is InChI=1S/C14H21NO6/c1-3-19-11(16)6-5-8-14(18)12(13(17)20-4-2)10(15)7-9-21-14/h7,9,18H,3-6,8,15H2,1-2H3. The van der Waals surface area contributed by atoms with Crippen LogP contribution in [0.15, 0.2) is 23.6 Å². The molecule has 0 radical (unpaired) electrons. The zero-order chi connectivity index (χ0) is 15.9. The lowest BCUT2D eigenvalue weighted by Crippen LogP contribution is -2.41. The second-order valence-electron chi connectivity index (χ2n) is 4.41. The minimum Gasteiger partial charge on any atom is -0.466 e. The van der Waals surface area contributed by atoms with Crippen molar-refractivity contribution in [1.82, 2.24) is 0 Å². The predicted octanol–water partition coefficient (Wildman–Crippen LogP) is 0.728. The summed E-state index contributed by atoms with van der Waals surface area (Å²) in [6, 6.07) is 0. The van der Waals surface area contributed by atoms with E-state index in [-0.39, 0.29) is 43.1 Å². The van der Waals surface area contributed by atoms with Crippen molar-refractivity contribution in [2.24, 2.45) is 5.73 Å². The van der Waals surface area contributed by atoms with Crippen molar-refractivity contribution in [3.8, 4) is 0 Å². The molecule has 1 aliphatic heterocycles. The highest BCUT2D eigenvalue weighted by atomic mass is 16.6. The first-order valence-electron chi connectivity index (χ1n) is 6.84. The number of hydrogen-bond donors (Lipinski definition) is 2. The number of aliphatic hydroxyl groups is 1. The van der Waals surface area contributed by atoms with Gasteiger partial charge in [0.1, 0.15) is 5.57 Å². The third-order valence-corrected chi connectivity index (χ3v) is 2.87. The molecule has 1 rings (SSSR count). The summed E-state index contributed by atoms with van der Waals surface area (Å²) in [5.41, 5.74) is 5.66. The Morgan fingerprint density at radius 2 is 2.00 bits per heavy atom. The molecule has 0 saturated carbocycles. The third kappa shape index (κ3) is 4.49. The Bertz CT molecular complexity index is 456. The van der Waals surface area contributed by atoms with Crippen LogP contribution >= 0.6 is 0 Å². The maximum Gasteiger partial charge on any atom is 0.342 e. The molecule has 0 spiro atoms. The summed E-state index contributed by atoms with van der Waals surface area (Å²) >= 11 is 0. The van der Waals surface area contributed by atoms with Crippen molar-refractivity contribution in [2.45, 2.75) is 38.9 Å². The second-order valence-corrected chi connectivity index (χ2v) is 4.41. The fourth-order valence-electron chi connectivity index (χ4n) is 1.96. The molecule has 7 nitrogen and oxygen atoms in total. The Morgan fingerprint density at radius 3 is 2.62 bits per heavy atom. The maximum absolute atomic E-state index is 11.9. The molecule has 3 N–H and O–H groups in total. The Labute approximate surface area is 123 Å². The molecule has 1 atom stereocenters. The maximum atomic E-state index is 11.9. The van der Waals surface area contributed by atoms with Gasteiger partial charge in [0.15, 0.2) is 0 Å². The van der Waals surface area contributed by atoms with E-state index < -0.39 is 11.8 Å². The van der Waals surface area contributed by atoms with Crippen LogP contribution < -0.4 is 5.73 Å². The first-order chi connectivity index (χ1) is 9.94. The molecule has 0 fully saturated rings. The van der Waals surface area contributed by atoms with Crippen LogP contribution in [0.1, 0.15) is 33.1 Å². The van der Waals surface area contributed by atoms with Gasteiger partial charge in [-0.1, -0.05) is 0 Å². The van der Waals surface area contributed by atoms with E-state index in [1.807, 2.05) is 0 Å². The fraction of sp³-hybridized carbons (Fsp3) is 0.571. The van der Waals surface area contributed by atoms with Gasteiger partial charge in [-0.15, -0.1) is 0 Å². The molecular weight excluding hydrogens is 278 g/mol. The smallest absolute Gasteiger partial charge is 0.342 e. The average molecular weight is 299 g/mol. The fourth-order valence-corrected chi connectivity index (χ4v) is 1.96. The van der Waals surface area contributed by atoms with E-state index in [9.17, 15) is 14.7 Å². The highest BCUT2D eigenvalue weighted by Crippen LogP contribution is 2.31. The highest BCUT2D eigenvalue weighted by Gasteiger charge is 2.41. The van der Waals surface area contributed by atoms with Gasteiger partial charge in [0.25, 0.3) is 0 Å². The molecule has 7 heteroatoms. The molecule has 21 heavy (non-hydrogen) atoms. The number of ether oxygens (including phenoxy) is 3. The van der Waals surface area contributed by atoms with Gasteiger partial charge in [-0.05, 0) is 26.3 Å². The van der Waals surface area contributed by atoms with Gasteiger partial charge in [0, 0.05) is 12.8 Å². The zero-order valence-corrected chi connectivity index (χ0v) is 12.3. The second kappa shape index (κ2) is 7.68. The molecule has 0 saturated heterocycles. The van der Waals surface area contributed by atoms with Crippen LogP contribution in [-0.2, 0) is 23.8 Å². The van der Waals surface area contributed by atoms with E-state index in [0.717, 1.165) is 0 Å². The van der Waals surface area contributed by atoms with Crippen LogP contribution in [0.5, 0.6) is 0 Å². The average Bonchev–Trinajstić information content (AvgIpc) is 2.38. The van der Waals surface area contributed by atoms with Gasteiger partial charge >= 0.3 is 11.9 Å². The Hall–Kier alpha value is -2.02. The number of esters is 2. The van der Waals surface area contributed by atoms with E-state index in [2.05, 4.69) is 0 Å². The van der Waals surface area contributed by atoms with Crippen LogP contribution in [0.2, 0.25) is 0 Å². The van der Waals surface area contributed by atoms with Crippen LogP contribution in [0.25, 0.3) is 0 Å². The predicted molar refractivity (Wildman–Crippen MR) is 73.5 cm³/mol. The summed E-state index contributed by atoms with van der Waals surface area (Å²) in [5.74, 6) is -3.00. The minimum atomic E-state index is -1.89. The molecule has 1 unspecified atom stereocenters. The first-order valence-corrected chi connectivity index (χ1v) is 6.84. The molecule has 0 amide bonds. The Kier molecular flexibility index (Phi) is 6.23. The lowest BCUT2D eigenvalue weighted by molar-refractivity contribution is -0.166. The molecule has 0 aromatic heterocycles. The number of allylic oxidation sites excluding steroid dienone is 1. The summed E-state index contributed by atoms with van der Waals surface area (Å²) in [6.45, 7) is 3.80. The first kappa shape index (κ1) is 17.0. The number of hydrogen-bond acceptors (Lipinski definition) is 7. The van der Waals surface area contributed by atoms with Crippen molar-refractivity contribution in [3.05, 3.63) is 23.6 Å². The highest BCUT2D eigenvalue weighted by molar-refractivity contribution is 5.92. The normalized spacial score (nSPS) is 20.9. The molecule has 1 heterocycles. The number of carbonyl (C=O) groups is 2. The lowest BCUT2D eigenvalue weighted by atomic mass is 9.96. The summed E-state index contributed by atoms with van der Waals surface area (Å²) in [5, 5.41) is 10.5. The van der Waals surface area contributed by atoms with E-state index in [4.69, 9.17) is 19.9 Å². The van der Waals surface area contributed by atoms with Crippen LogP contribution in [-0.4, -0.2) is 36.0 Å². The number of rotatable bonds is 7. The van der Waals surface area contributed by atoms with Crippen molar-refractivity contribution in [2.75, 3.05) is 13.2 Å². The SMILES string of the molecule is CCOC(=O)CCCC1(O)OC=CC(N)=C1C(=O)OCC. The largest absolute Gasteiger partial charge is 0.466 e. The quantitative estimate of drug-likeness (QED) is 0.667. The number of carbonyl (C=O) groups excluding carboxylic acids is 2. The molecule has 118 valence electrons. The summed E-state index contributed by atoms with van der Waals surface area (Å²) in [6.07, 6.45) is 2.98. The van der Waals surface area contributed by atoms with Gasteiger partial charge in [-0.3, -0.25) is 4.79 Å². The molecule has 0 aromatic rings. The van der Waals surface area contributed by atoms with Crippen LogP contribution in [0, 0.1) is 0 Å². The molecule has 0 aromatic carbocycles. The number of nitrogens with two attached hydrogens (primary N) is 1. The van der Waals surface area contributed by atoms with E-state index >= 15 is 0 Å². The van der Waals surface area contributed by atoms with Gasteiger partial charge in [-0.25, -0.2) is 4.79 Å². The van der Waals surface area contributed by atoms with Crippen molar-refractivity contribution >= 4 is 11.9 Å². The molecule has 0 bridgehead atoms. The van der Waals surface area contributed by atoms with E-state index in [0.29, 0.717) is 6.61 Å². The summed E-state index contributed by atoms with van der Waals surface area (Å²) in [7, 11) is 0. The van der Waals surface area contributed by atoms with Gasteiger partial charge in [0.2, 0.25) is 5.79 Å². The Balaban J connectivity index is 2.75. The lowest BCUT2D eigenvalue weighted by Gasteiger charge is -2.31. The summed E-state index contributed by atoms with van der Waals surface area (Å²) < 4.78 is 14.8. The molecular formula is C14H21NO6. The van der Waals surface area contributed by atoms with Gasteiger partial charge < -0.3 is 25.1 Å². The van der Waals surface area contributed by atoms with Gasteiger partial charge in [0.05, 0.1) is 25.2 Å². The minimum absolute atomic E-state index is 0.0189. The summed E-state index contributed by atoms with van der Waals surface area (Å²) in [4.78, 5) is 23.2. The topological polar surface area (TPSA) is 108 Å².